The number of carbonyl (C=O) groups excluding carboxylic acids is 1. The molecule has 0 bridgehead atoms. The molecule has 0 aromatic carbocycles. The van der Waals surface area contributed by atoms with E-state index in [-0.39, 0.29) is 0 Å². The largest absolute Gasteiger partial charge is 0.434 e. The Bertz CT molecular complexity index is 572. The number of hydrogen-bond acceptors (Lipinski definition) is 3. The Morgan fingerprint density at radius 1 is 1.15 bits per heavy atom. The maximum absolute atomic E-state index is 12.5. The number of aliphatic hydroxyl groups is 1. The molecule has 0 aliphatic rings. The number of carbonyl (C=O) groups is 1. The van der Waals surface area contributed by atoms with Crippen LogP contribution in [0.5, 0.6) is 0 Å². The van der Waals surface area contributed by atoms with Crippen LogP contribution in [-0.4, -0.2) is 33.4 Å². The smallest absolute Gasteiger partial charge is 0.367 e. The molecule has 1 rings (SSSR count). The second kappa shape index (κ2) is 4.62. The molecule has 1 aromatic rings. The summed E-state index contributed by atoms with van der Waals surface area (Å²) in [5, 5.41) is 8.87. The van der Waals surface area contributed by atoms with Gasteiger partial charge in [-0.1, -0.05) is 0 Å². The van der Waals surface area contributed by atoms with E-state index in [1.165, 1.54) is 0 Å². The number of aryl methyl sites for hydroxylation is 1. The Labute approximate surface area is 107 Å². The number of halogens is 6. The van der Waals surface area contributed by atoms with Crippen molar-refractivity contribution in [3.63, 3.8) is 0 Å². The second-order valence-electron chi connectivity index (χ2n) is 3.87. The molecule has 0 amide bonds. The number of ketones is 1. The summed E-state index contributed by atoms with van der Waals surface area (Å²) in [6, 6.07) is 1.38. The Hall–Kier alpha value is -1.84. The van der Waals surface area contributed by atoms with Gasteiger partial charge in [0.1, 0.15) is 0 Å². The Morgan fingerprint density at radius 3 is 2.00 bits per heavy atom. The van der Waals surface area contributed by atoms with Crippen molar-refractivity contribution in [1.29, 1.82) is 0 Å². The van der Waals surface area contributed by atoms with E-state index in [2.05, 4.69) is 0 Å². The molecule has 112 valence electrons. The molecule has 4 nitrogen and oxygen atoms in total. The molecule has 0 fully saturated rings. The van der Waals surface area contributed by atoms with E-state index in [0.717, 1.165) is 19.3 Å². The maximum Gasteiger partial charge on any atom is 0.434 e. The van der Waals surface area contributed by atoms with Crippen LogP contribution >= 0.6 is 0 Å². The lowest BCUT2D eigenvalue weighted by atomic mass is 9.92. The number of alkyl halides is 6. The van der Waals surface area contributed by atoms with E-state index < -0.39 is 34.9 Å². The van der Waals surface area contributed by atoms with Crippen molar-refractivity contribution in [3.05, 3.63) is 34.2 Å². The molecule has 0 saturated heterocycles. The highest BCUT2D eigenvalue weighted by molar-refractivity contribution is 6.03. The van der Waals surface area contributed by atoms with Crippen molar-refractivity contribution in [2.75, 3.05) is 0 Å². The summed E-state index contributed by atoms with van der Waals surface area (Å²) in [7, 11) is 1.03. The van der Waals surface area contributed by atoms with Crippen molar-refractivity contribution in [2.24, 2.45) is 7.05 Å². The van der Waals surface area contributed by atoms with E-state index in [4.69, 9.17) is 5.11 Å². The summed E-state index contributed by atoms with van der Waals surface area (Å²) < 4.78 is 75.4. The minimum Gasteiger partial charge on any atom is -0.367 e. The Morgan fingerprint density at radius 2 is 1.60 bits per heavy atom. The van der Waals surface area contributed by atoms with Gasteiger partial charge in [0.05, 0.1) is 5.56 Å². The molecule has 1 N–H and O–H groups in total. The number of Topliss-reactive ketones (excluding diaryl/α,β-unsaturated/α-hetero) is 1. The van der Waals surface area contributed by atoms with Crippen LogP contribution in [0.2, 0.25) is 0 Å². The first-order valence-corrected chi connectivity index (χ1v) is 4.90. The second-order valence-corrected chi connectivity index (χ2v) is 3.87. The monoisotopic (exact) mass is 303 g/mol. The third-order valence-electron chi connectivity index (χ3n) is 2.52. The average Bonchev–Trinajstić information content (AvgIpc) is 2.27. The van der Waals surface area contributed by atoms with E-state index in [9.17, 15) is 35.9 Å². The Kier molecular flexibility index (Phi) is 3.74. The predicted octanol–water partition coefficient (Wildman–Crippen LogP) is 1.42. The maximum atomic E-state index is 12.5. The molecule has 0 radical (unpaired) electrons. The zero-order chi connectivity index (χ0) is 15.9. The average molecular weight is 303 g/mol. The van der Waals surface area contributed by atoms with Crippen molar-refractivity contribution in [2.45, 2.75) is 18.0 Å². The van der Waals surface area contributed by atoms with Crippen molar-refractivity contribution < 1.29 is 36.2 Å². The van der Waals surface area contributed by atoms with Crippen LogP contribution in [0.25, 0.3) is 0 Å². The van der Waals surface area contributed by atoms with Gasteiger partial charge in [-0.25, -0.2) is 0 Å². The summed E-state index contributed by atoms with van der Waals surface area (Å²) in [4.78, 5) is 22.8. The third-order valence-corrected chi connectivity index (χ3v) is 2.52. The fourth-order valence-corrected chi connectivity index (χ4v) is 1.38. The van der Waals surface area contributed by atoms with Gasteiger partial charge in [0.2, 0.25) is 5.78 Å². The first-order chi connectivity index (χ1) is 8.84. The molecule has 0 saturated carbocycles. The zero-order valence-electron chi connectivity index (χ0n) is 9.71. The van der Waals surface area contributed by atoms with Crippen LogP contribution in [0.15, 0.2) is 23.1 Å². The molecule has 20 heavy (non-hydrogen) atoms. The van der Waals surface area contributed by atoms with Crippen LogP contribution in [0, 0.1) is 0 Å². The van der Waals surface area contributed by atoms with Gasteiger partial charge in [-0.15, -0.1) is 0 Å². The van der Waals surface area contributed by atoms with Crippen LogP contribution in [-0.2, 0) is 7.05 Å². The van der Waals surface area contributed by atoms with Gasteiger partial charge < -0.3 is 9.67 Å². The molecule has 1 heterocycles. The van der Waals surface area contributed by atoms with Gasteiger partial charge in [-0.2, -0.15) is 26.3 Å². The van der Waals surface area contributed by atoms with E-state index in [1.807, 2.05) is 0 Å². The number of aromatic nitrogens is 1. The molecule has 1 aromatic heterocycles. The van der Waals surface area contributed by atoms with Crippen LogP contribution in [0.4, 0.5) is 26.3 Å². The number of rotatable bonds is 2. The van der Waals surface area contributed by atoms with Gasteiger partial charge >= 0.3 is 18.0 Å². The Balaban J connectivity index is 3.57. The highest BCUT2D eigenvalue weighted by Gasteiger charge is 2.75. The number of pyridine rings is 1. The van der Waals surface area contributed by atoms with Gasteiger partial charge in [-0.05, 0) is 12.1 Å². The van der Waals surface area contributed by atoms with Gasteiger partial charge in [0.15, 0.2) is 0 Å². The summed E-state index contributed by atoms with van der Waals surface area (Å²) in [5.74, 6) is -2.77. The van der Waals surface area contributed by atoms with Crippen LogP contribution < -0.4 is 5.56 Å². The molecule has 0 aliphatic heterocycles. The lowest BCUT2D eigenvalue weighted by Gasteiger charge is -2.30. The first-order valence-electron chi connectivity index (χ1n) is 4.90. The molecular weight excluding hydrogens is 296 g/mol. The SMILES string of the molecule is Cn1cccc(C(=O)C(O)(C(F)(F)F)C(F)(F)F)c1=O. The van der Waals surface area contributed by atoms with Crippen LogP contribution in [0.3, 0.4) is 0 Å². The topological polar surface area (TPSA) is 59.3 Å². The quantitative estimate of drug-likeness (QED) is 0.664. The van der Waals surface area contributed by atoms with Crippen molar-refractivity contribution in [3.8, 4) is 0 Å². The highest BCUT2D eigenvalue weighted by Crippen LogP contribution is 2.44. The minimum atomic E-state index is -6.32. The van der Waals surface area contributed by atoms with Gasteiger partial charge in [0.25, 0.3) is 5.56 Å². The van der Waals surface area contributed by atoms with Crippen molar-refractivity contribution >= 4 is 5.78 Å². The predicted molar refractivity (Wildman–Crippen MR) is 53.1 cm³/mol. The van der Waals surface area contributed by atoms with Gasteiger partial charge in [-0.3, -0.25) is 9.59 Å². The van der Waals surface area contributed by atoms with E-state index >= 15 is 0 Å². The molecule has 0 spiro atoms. The third kappa shape index (κ3) is 2.30. The summed E-state index contributed by atoms with van der Waals surface area (Å²) in [6.45, 7) is 0. The lowest BCUT2D eigenvalue weighted by molar-refractivity contribution is -0.342. The standard InChI is InChI=1S/C10H7F6NO3/c1-17-4-2-3-5(7(17)19)6(18)8(20,9(11,12)13)10(14,15)16/h2-4,20H,1H3. The minimum absolute atomic E-state index is 0.479. The van der Waals surface area contributed by atoms with E-state index in [0.29, 0.717) is 10.6 Å². The summed E-state index contributed by atoms with van der Waals surface area (Å²) in [5.41, 5.74) is -8.43. The molecule has 0 aliphatic carbocycles. The number of hydrogen-bond donors (Lipinski definition) is 1. The van der Waals surface area contributed by atoms with Gasteiger partial charge in [0, 0.05) is 13.2 Å². The molecular formula is C10H7F6NO3. The highest BCUT2D eigenvalue weighted by atomic mass is 19.4. The van der Waals surface area contributed by atoms with Crippen LogP contribution in [0.1, 0.15) is 10.4 Å². The molecule has 10 heteroatoms. The van der Waals surface area contributed by atoms with Crippen molar-refractivity contribution in [1.82, 2.24) is 4.57 Å². The fraction of sp³-hybridized carbons (Fsp3) is 0.400. The fourth-order valence-electron chi connectivity index (χ4n) is 1.38. The molecule has 0 atom stereocenters. The zero-order valence-corrected chi connectivity index (χ0v) is 9.71. The lowest BCUT2D eigenvalue weighted by Crippen LogP contribution is -2.63. The van der Waals surface area contributed by atoms with E-state index in [1.54, 1.807) is 0 Å². The first kappa shape index (κ1) is 16.2. The normalized spacial score (nSPS) is 13.4. The number of nitrogens with zero attached hydrogens (tertiary/aromatic N) is 1. The summed E-state index contributed by atoms with van der Waals surface area (Å²) >= 11 is 0. The summed E-state index contributed by atoms with van der Waals surface area (Å²) in [6.07, 6.45) is -11.6. The molecule has 0 unspecified atom stereocenters.